The van der Waals surface area contributed by atoms with Gasteiger partial charge in [-0.3, -0.25) is 0 Å². The molecule has 3 aromatic carbocycles. The number of carboxylic acid groups (broad SMARTS) is 1. The van der Waals surface area contributed by atoms with Crippen molar-refractivity contribution in [3.63, 3.8) is 0 Å². The summed E-state index contributed by atoms with van der Waals surface area (Å²) in [4.78, 5) is 11.4. The van der Waals surface area contributed by atoms with Crippen LogP contribution in [0.15, 0.2) is 66.7 Å². The number of carboxylic acids is 1. The van der Waals surface area contributed by atoms with E-state index in [2.05, 4.69) is 0 Å². The summed E-state index contributed by atoms with van der Waals surface area (Å²) in [6.07, 6.45) is 0. The summed E-state index contributed by atoms with van der Waals surface area (Å²) in [6.45, 7) is 0.415. The molecule has 1 N–H and O–H groups in total. The average Bonchev–Trinajstić information content (AvgIpc) is 2.53. The van der Waals surface area contributed by atoms with Gasteiger partial charge in [0.15, 0.2) is 0 Å². The molecular formula is C18H14O3. The Morgan fingerprint density at radius 2 is 1.67 bits per heavy atom. The van der Waals surface area contributed by atoms with E-state index in [1.54, 1.807) is 12.1 Å². The van der Waals surface area contributed by atoms with Crippen molar-refractivity contribution in [3.05, 3.63) is 77.9 Å². The molecule has 0 unspecified atom stereocenters. The minimum atomic E-state index is -0.948. The fourth-order valence-electron chi connectivity index (χ4n) is 2.28. The van der Waals surface area contributed by atoms with Gasteiger partial charge in [0.2, 0.25) is 0 Å². The highest BCUT2D eigenvalue weighted by Crippen LogP contribution is 2.26. The zero-order valence-electron chi connectivity index (χ0n) is 11.3. The number of aromatic carboxylic acids is 1. The summed E-state index contributed by atoms with van der Waals surface area (Å²) in [7, 11) is 0. The van der Waals surface area contributed by atoms with Crippen LogP contribution in [0.2, 0.25) is 0 Å². The second-order valence-electron chi connectivity index (χ2n) is 4.77. The van der Waals surface area contributed by atoms with Gasteiger partial charge in [0.05, 0.1) is 5.56 Å². The molecule has 3 aromatic rings. The van der Waals surface area contributed by atoms with Crippen molar-refractivity contribution in [2.45, 2.75) is 6.61 Å². The highest BCUT2D eigenvalue weighted by Gasteiger charge is 2.10. The summed E-state index contributed by atoms with van der Waals surface area (Å²) in [5.74, 6) is -0.383. The number of fused-ring (bicyclic) bond motifs is 1. The highest BCUT2D eigenvalue weighted by molar-refractivity contribution is 6.04. The maximum absolute atomic E-state index is 11.4. The Labute approximate surface area is 122 Å². The van der Waals surface area contributed by atoms with E-state index in [0.717, 1.165) is 16.3 Å². The Morgan fingerprint density at radius 1 is 0.952 bits per heavy atom. The molecule has 0 amide bonds. The Hall–Kier alpha value is -2.81. The molecule has 0 saturated heterocycles. The van der Waals surface area contributed by atoms with Gasteiger partial charge in [0, 0.05) is 0 Å². The maximum atomic E-state index is 11.4. The molecule has 3 rings (SSSR count). The third-order valence-electron chi connectivity index (χ3n) is 3.31. The molecule has 104 valence electrons. The minimum absolute atomic E-state index is 0.260. The average molecular weight is 278 g/mol. The summed E-state index contributed by atoms with van der Waals surface area (Å²) < 4.78 is 5.73. The van der Waals surface area contributed by atoms with E-state index in [1.807, 2.05) is 54.6 Å². The van der Waals surface area contributed by atoms with E-state index < -0.39 is 5.97 Å². The maximum Gasteiger partial charge on any atom is 0.336 e. The van der Waals surface area contributed by atoms with Gasteiger partial charge in [-0.1, -0.05) is 54.6 Å². The molecule has 0 radical (unpaired) electrons. The van der Waals surface area contributed by atoms with Gasteiger partial charge < -0.3 is 9.84 Å². The van der Waals surface area contributed by atoms with E-state index >= 15 is 0 Å². The van der Waals surface area contributed by atoms with Crippen LogP contribution in [0.25, 0.3) is 10.8 Å². The van der Waals surface area contributed by atoms with E-state index in [0.29, 0.717) is 12.4 Å². The quantitative estimate of drug-likeness (QED) is 0.781. The predicted molar refractivity (Wildman–Crippen MR) is 81.7 cm³/mol. The van der Waals surface area contributed by atoms with Gasteiger partial charge >= 0.3 is 5.97 Å². The van der Waals surface area contributed by atoms with Gasteiger partial charge in [0.1, 0.15) is 12.4 Å². The van der Waals surface area contributed by atoms with E-state index in [1.165, 1.54) is 0 Å². The van der Waals surface area contributed by atoms with E-state index in [4.69, 9.17) is 4.74 Å². The van der Waals surface area contributed by atoms with Crippen LogP contribution in [-0.2, 0) is 6.61 Å². The first-order valence-corrected chi connectivity index (χ1v) is 6.67. The topological polar surface area (TPSA) is 46.5 Å². The molecule has 21 heavy (non-hydrogen) atoms. The van der Waals surface area contributed by atoms with Gasteiger partial charge in [-0.05, 0) is 28.5 Å². The highest BCUT2D eigenvalue weighted by atomic mass is 16.5. The minimum Gasteiger partial charge on any atom is -0.489 e. The molecule has 0 aliphatic heterocycles. The van der Waals surface area contributed by atoms with E-state index in [9.17, 15) is 9.90 Å². The second-order valence-corrected chi connectivity index (χ2v) is 4.77. The van der Waals surface area contributed by atoms with Crippen LogP contribution in [0.4, 0.5) is 0 Å². The zero-order valence-corrected chi connectivity index (χ0v) is 11.3. The Kier molecular flexibility index (Phi) is 3.56. The third kappa shape index (κ3) is 2.87. The smallest absolute Gasteiger partial charge is 0.336 e. The lowest BCUT2D eigenvalue weighted by molar-refractivity contribution is 0.0698. The molecule has 0 spiro atoms. The molecular weight excluding hydrogens is 264 g/mol. The first-order valence-electron chi connectivity index (χ1n) is 6.67. The largest absolute Gasteiger partial charge is 0.489 e. The fraction of sp³-hybridized carbons (Fsp3) is 0.0556. The van der Waals surface area contributed by atoms with Crippen molar-refractivity contribution in [1.82, 2.24) is 0 Å². The number of hydrogen-bond acceptors (Lipinski definition) is 2. The molecule has 0 aliphatic carbocycles. The first-order chi connectivity index (χ1) is 10.2. The zero-order chi connectivity index (χ0) is 14.7. The molecule has 3 nitrogen and oxygen atoms in total. The molecule has 0 atom stereocenters. The summed E-state index contributed by atoms with van der Waals surface area (Å²) in [5, 5.41) is 10.9. The standard InChI is InChI=1S/C18H14O3/c19-18(20)17-11-15(10-14-8-4-5-9-16(14)17)21-12-13-6-2-1-3-7-13/h1-11H,12H2,(H,19,20). The third-order valence-corrected chi connectivity index (χ3v) is 3.31. The SMILES string of the molecule is O=C(O)c1cc(OCc2ccccc2)cc2ccccc12. The number of ether oxygens (including phenoxy) is 1. The Balaban J connectivity index is 1.94. The molecule has 0 heterocycles. The Bertz CT molecular complexity index is 779. The lowest BCUT2D eigenvalue weighted by Crippen LogP contribution is -2.00. The number of carbonyl (C=O) groups is 1. The number of benzene rings is 3. The fourth-order valence-corrected chi connectivity index (χ4v) is 2.28. The monoisotopic (exact) mass is 278 g/mol. The molecule has 0 bridgehead atoms. The van der Waals surface area contributed by atoms with Gasteiger partial charge in [0.25, 0.3) is 0 Å². The molecule has 0 fully saturated rings. The van der Waals surface area contributed by atoms with Crippen molar-refractivity contribution in [1.29, 1.82) is 0 Å². The molecule has 3 heteroatoms. The van der Waals surface area contributed by atoms with Crippen molar-refractivity contribution in [3.8, 4) is 5.75 Å². The van der Waals surface area contributed by atoms with Crippen LogP contribution in [-0.4, -0.2) is 11.1 Å². The van der Waals surface area contributed by atoms with Crippen molar-refractivity contribution in [2.24, 2.45) is 0 Å². The lowest BCUT2D eigenvalue weighted by Gasteiger charge is -2.10. The van der Waals surface area contributed by atoms with Crippen LogP contribution in [0.5, 0.6) is 5.75 Å². The summed E-state index contributed by atoms with van der Waals surface area (Å²) in [6, 6.07) is 20.6. The van der Waals surface area contributed by atoms with Crippen LogP contribution >= 0.6 is 0 Å². The normalized spacial score (nSPS) is 10.5. The van der Waals surface area contributed by atoms with Gasteiger partial charge in [-0.15, -0.1) is 0 Å². The molecule has 0 aromatic heterocycles. The van der Waals surface area contributed by atoms with Crippen LogP contribution in [0.1, 0.15) is 15.9 Å². The van der Waals surface area contributed by atoms with Crippen LogP contribution < -0.4 is 4.74 Å². The second kappa shape index (κ2) is 5.67. The number of rotatable bonds is 4. The van der Waals surface area contributed by atoms with Crippen LogP contribution in [0, 0.1) is 0 Å². The molecule has 0 saturated carbocycles. The van der Waals surface area contributed by atoms with Crippen LogP contribution in [0.3, 0.4) is 0 Å². The molecule has 0 aliphatic rings. The van der Waals surface area contributed by atoms with Gasteiger partial charge in [-0.2, -0.15) is 0 Å². The van der Waals surface area contributed by atoms with Crippen molar-refractivity contribution in [2.75, 3.05) is 0 Å². The predicted octanol–water partition coefficient (Wildman–Crippen LogP) is 4.12. The summed E-state index contributed by atoms with van der Waals surface area (Å²) >= 11 is 0. The Morgan fingerprint density at radius 3 is 2.43 bits per heavy atom. The lowest BCUT2D eigenvalue weighted by atomic mass is 10.0. The van der Waals surface area contributed by atoms with Crippen molar-refractivity contribution < 1.29 is 14.6 Å². The first kappa shape index (κ1) is 13.2. The van der Waals surface area contributed by atoms with Crippen molar-refractivity contribution >= 4 is 16.7 Å². The summed E-state index contributed by atoms with van der Waals surface area (Å²) in [5.41, 5.74) is 1.30. The van der Waals surface area contributed by atoms with E-state index in [-0.39, 0.29) is 5.56 Å². The number of hydrogen-bond donors (Lipinski definition) is 1. The van der Waals surface area contributed by atoms with Gasteiger partial charge in [-0.25, -0.2) is 4.79 Å².